The fourth-order valence-electron chi connectivity index (χ4n) is 2.10. The Bertz CT molecular complexity index is 404. The van der Waals surface area contributed by atoms with E-state index in [0.29, 0.717) is 30.1 Å². The van der Waals surface area contributed by atoms with Gasteiger partial charge >= 0.3 is 0 Å². The molecule has 0 unspecified atom stereocenters. The van der Waals surface area contributed by atoms with E-state index in [4.69, 9.17) is 5.26 Å². The first kappa shape index (κ1) is 13.2. The molecule has 0 aliphatic heterocycles. The summed E-state index contributed by atoms with van der Waals surface area (Å²) in [6, 6.07) is 9.84. The predicted molar refractivity (Wildman–Crippen MR) is 68.6 cm³/mol. The molecule has 1 aromatic rings. The monoisotopic (exact) mass is 227 g/mol. The van der Waals surface area contributed by atoms with E-state index in [1.54, 1.807) is 0 Å². The van der Waals surface area contributed by atoms with Gasteiger partial charge in [0.25, 0.3) is 0 Å². The number of carbonyl (C=O) groups excluding carboxylic acids is 1. The molecule has 88 valence electrons. The van der Waals surface area contributed by atoms with Crippen LogP contribution in [0.3, 0.4) is 0 Å². The number of ketones is 1. The third-order valence-electron chi connectivity index (χ3n) is 3.05. The van der Waals surface area contributed by atoms with Crippen LogP contribution in [0.25, 0.3) is 0 Å². The molecule has 0 heterocycles. The van der Waals surface area contributed by atoms with Gasteiger partial charge in [0.05, 0.1) is 11.6 Å². The zero-order chi connectivity index (χ0) is 12.7. The Hall–Kier alpha value is -1.88. The van der Waals surface area contributed by atoms with E-state index in [0.717, 1.165) is 12.8 Å². The molecule has 1 aromatic carbocycles. The summed E-state index contributed by atoms with van der Waals surface area (Å²) in [5.41, 5.74) is 1.96. The van der Waals surface area contributed by atoms with Gasteiger partial charge in [0.2, 0.25) is 0 Å². The molecule has 0 spiro atoms. The van der Waals surface area contributed by atoms with Crippen molar-refractivity contribution in [2.45, 2.75) is 31.6 Å². The number of carbonyl (C=O) groups is 1. The van der Waals surface area contributed by atoms with Crippen molar-refractivity contribution in [3.8, 4) is 6.07 Å². The molecular weight excluding hydrogens is 210 g/mol. The topological polar surface area (TPSA) is 40.9 Å². The lowest BCUT2D eigenvalue weighted by Crippen LogP contribution is -2.12. The van der Waals surface area contributed by atoms with Crippen molar-refractivity contribution in [1.29, 1.82) is 5.26 Å². The van der Waals surface area contributed by atoms with Gasteiger partial charge in [-0.1, -0.05) is 12.1 Å². The van der Waals surface area contributed by atoms with E-state index < -0.39 is 0 Å². The van der Waals surface area contributed by atoms with Crippen LogP contribution in [0.1, 0.15) is 42.7 Å². The van der Waals surface area contributed by atoms with Gasteiger partial charge in [0, 0.05) is 12.8 Å². The maximum absolute atomic E-state index is 11.1. The van der Waals surface area contributed by atoms with Crippen LogP contribution in [0.4, 0.5) is 0 Å². The van der Waals surface area contributed by atoms with Crippen molar-refractivity contribution in [3.05, 3.63) is 48.6 Å². The van der Waals surface area contributed by atoms with Gasteiger partial charge in [-0.2, -0.15) is 5.26 Å². The number of hydrogen-bond acceptors (Lipinski definition) is 2. The Kier molecular flexibility index (Phi) is 5.16. The molecule has 1 aliphatic carbocycles. The summed E-state index contributed by atoms with van der Waals surface area (Å²) in [4.78, 5) is 11.1. The van der Waals surface area contributed by atoms with Gasteiger partial charge < -0.3 is 0 Å². The molecule has 0 atom stereocenters. The van der Waals surface area contributed by atoms with E-state index in [1.165, 1.54) is 5.56 Å². The molecule has 2 nitrogen and oxygen atoms in total. The van der Waals surface area contributed by atoms with Crippen molar-refractivity contribution in [3.63, 3.8) is 0 Å². The molecule has 1 saturated carbocycles. The normalized spacial score (nSPS) is 15.6. The molecule has 0 bridgehead atoms. The van der Waals surface area contributed by atoms with Crippen molar-refractivity contribution in [2.75, 3.05) is 0 Å². The predicted octanol–water partition coefficient (Wildman–Crippen LogP) is 3.59. The minimum absolute atomic E-state index is 0.389. The molecule has 0 aromatic heterocycles. The van der Waals surface area contributed by atoms with E-state index in [9.17, 15) is 4.79 Å². The number of rotatable bonds is 1. The summed E-state index contributed by atoms with van der Waals surface area (Å²) >= 11 is 0. The Balaban J connectivity index is 0.000000686. The van der Waals surface area contributed by atoms with Crippen LogP contribution in [0, 0.1) is 11.3 Å². The van der Waals surface area contributed by atoms with Crippen molar-refractivity contribution >= 4 is 5.78 Å². The highest BCUT2D eigenvalue weighted by Crippen LogP contribution is 2.30. The lowest BCUT2D eigenvalue weighted by atomic mass is 9.83. The molecule has 2 rings (SSSR count). The summed E-state index contributed by atoms with van der Waals surface area (Å²) in [5, 5.41) is 8.68. The zero-order valence-electron chi connectivity index (χ0n) is 9.98. The minimum Gasteiger partial charge on any atom is -0.300 e. The van der Waals surface area contributed by atoms with Crippen LogP contribution in [-0.4, -0.2) is 5.78 Å². The second-order valence-electron chi connectivity index (χ2n) is 4.05. The van der Waals surface area contributed by atoms with Crippen molar-refractivity contribution in [2.24, 2.45) is 0 Å². The number of nitriles is 1. The SMILES string of the molecule is C=C.N#Cc1ccc(C2CCC(=O)CC2)cc1. The molecule has 17 heavy (non-hydrogen) atoms. The first-order chi connectivity index (χ1) is 8.29. The summed E-state index contributed by atoms with van der Waals surface area (Å²) in [5.74, 6) is 0.898. The lowest BCUT2D eigenvalue weighted by molar-refractivity contribution is -0.120. The van der Waals surface area contributed by atoms with Crippen LogP contribution in [0.5, 0.6) is 0 Å². The molecule has 0 saturated heterocycles. The first-order valence-corrected chi connectivity index (χ1v) is 5.81. The largest absolute Gasteiger partial charge is 0.300 e. The van der Waals surface area contributed by atoms with Crippen LogP contribution < -0.4 is 0 Å². The second-order valence-corrected chi connectivity index (χ2v) is 4.05. The maximum Gasteiger partial charge on any atom is 0.132 e. The number of Topliss-reactive ketones (excluding diaryl/α,β-unsaturated/α-hetero) is 1. The fourth-order valence-corrected chi connectivity index (χ4v) is 2.10. The first-order valence-electron chi connectivity index (χ1n) is 5.81. The Morgan fingerprint density at radius 2 is 1.65 bits per heavy atom. The summed E-state index contributed by atoms with van der Waals surface area (Å²) in [7, 11) is 0. The van der Waals surface area contributed by atoms with Crippen molar-refractivity contribution in [1.82, 2.24) is 0 Å². The van der Waals surface area contributed by atoms with E-state index >= 15 is 0 Å². The van der Waals surface area contributed by atoms with Gasteiger partial charge in [-0.15, -0.1) is 13.2 Å². The van der Waals surface area contributed by atoms with Gasteiger partial charge in [0.15, 0.2) is 0 Å². The van der Waals surface area contributed by atoms with Crippen molar-refractivity contribution < 1.29 is 4.79 Å². The molecular formula is C15H17NO. The van der Waals surface area contributed by atoms with Gasteiger partial charge in [-0.05, 0) is 36.5 Å². The Labute approximate surface area is 103 Å². The third kappa shape index (κ3) is 3.57. The van der Waals surface area contributed by atoms with Crippen LogP contribution in [-0.2, 0) is 4.79 Å². The molecule has 0 amide bonds. The standard InChI is InChI=1S/C13H13NO.C2H4/c14-9-10-1-3-11(4-2-10)12-5-7-13(15)8-6-12;1-2/h1-4,12H,5-8H2;1-2H2. The quantitative estimate of drug-likeness (QED) is 0.688. The molecule has 1 aliphatic rings. The fraction of sp³-hybridized carbons (Fsp3) is 0.333. The maximum atomic E-state index is 11.1. The highest BCUT2D eigenvalue weighted by molar-refractivity contribution is 5.79. The number of benzene rings is 1. The number of hydrogen-bond donors (Lipinski definition) is 0. The average molecular weight is 227 g/mol. The Morgan fingerprint density at radius 1 is 1.12 bits per heavy atom. The third-order valence-corrected chi connectivity index (χ3v) is 3.05. The number of nitrogens with zero attached hydrogens (tertiary/aromatic N) is 1. The van der Waals surface area contributed by atoms with E-state index in [1.807, 2.05) is 24.3 Å². The Morgan fingerprint density at radius 3 is 2.12 bits per heavy atom. The highest BCUT2D eigenvalue weighted by Gasteiger charge is 2.19. The zero-order valence-corrected chi connectivity index (χ0v) is 9.98. The summed E-state index contributed by atoms with van der Waals surface area (Å²) in [6.07, 6.45) is 3.35. The second kappa shape index (κ2) is 6.65. The smallest absolute Gasteiger partial charge is 0.132 e. The lowest BCUT2D eigenvalue weighted by Gasteiger charge is -2.21. The molecule has 2 heteroatoms. The highest BCUT2D eigenvalue weighted by atomic mass is 16.1. The van der Waals surface area contributed by atoms with Crippen LogP contribution >= 0.6 is 0 Å². The average Bonchev–Trinajstić information content (AvgIpc) is 2.42. The van der Waals surface area contributed by atoms with Crippen LogP contribution in [0.2, 0.25) is 0 Å². The van der Waals surface area contributed by atoms with Crippen LogP contribution in [0.15, 0.2) is 37.4 Å². The van der Waals surface area contributed by atoms with Gasteiger partial charge in [-0.3, -0.25) is 4.79 Å². The molecule has 1 fully saturated rings. The summed E-state index contributed by atoms with van der Waals surface area (Å²) < 4.78 is 0. The van der Waals surface area contributed by atoms with Gasteiger partial charge in [-0.25, -0.2) is 0 Å². The van der Waals surface area contributed by atoms with Gasteiger partial charge in [0.1, 0.15) is 5.78 Å². The van der Waals surface area contributed by atoms with E-state index in [-0.39, 0.29) is 0 Å². The molecule has 0 N–H and O–H groups in total. The summed E-state index contributed by atoms with van der Waals surface area (Å²) in [6.45, 7) is 6.00. The minimum atomic E-state index is 0.389. The van der Waals surface area contributed by atoms with E-state index in [2.05, 4.69) is 19.2 Å². The molecule has 0 radical (unpaired) electrons.